The lowest BCUT2D eigenvalue weighted by atomic mass is 10.0. The van der Waals surface area contributed by atoms with Gasteiger partial charge in [0.2, 0.25) is 0 Å². The van der Waals surface area contributed by atoms with Gasteiger partial charge >= 0.3 is 0 Å². The van der Waals surface area contributed by atoms with Crippen LogP contribution in [0.2, 0.25) is 10.0 Å². The van der Waals surface area contributed by atoms with Crippen LogP contribution >= 0.6 is 23.2 Å². The number of unbranched alkanes of at least 4 members (excludes halogenated alkanes) is 5. The maximum atomic E-state index is 13.2. The summed E-state index contributed by atoms with van der Waals surface area (Å²) in [6, 6.07) is 14.5. The predicted octanol–water partition coefficient (Wildman–Crippen LogP) is 6.62. The Kier molecular flexibility index (Phi) is 12.8. The minimum Gasteiger partial charge on any atom is -0.861 e. The average Bonchev–Trinajstić information content (AvgIpc) is 2.98. The van der Waals surface area contributed by atoms with E-state index in [-0.39, 0.29) is 43.8 Å². The zero-order chi connectivity index (χ0) is 32.3. The fourth-order valence-electron chi connectivity index (χ4n) is 4.30. The second-order valence-electron chi connectivity index (χ2n) is 10.1. The maximum absolute atomic E-state index is 13.2. The smallest absolute Gasteiger partial charge is 0.281 e. The molecule has 0 unspecified atom stereocenters. The number of rotatable bonds is 15. The van der Waals surface area contributed by atoms with Crippen LogP contribution in [0.1, 0.15) is 78.9 Å². The van der Waals surface area contributed by atoms with E-state index in [1.54, 1.807) is 6.92 Å². The molecule has 0 radical (unpaired) electrons. The second-order valence-corrected chi connectivity index (χ2v) is 12.6. The summed E-state index contributed by atoms with van der Waals surface area (Å²) in [6.45, 7) is 3.23. The van der Waals surface area contributed by atoms with E-state index in [0.717, 1.165) is 32.1 Å². The van der Waals surface area contributed by atoms with Crippen LogP contribution < -0.4 is 15.2 Å². The third-order valence-electron chi connectivity index (χ3n) is 6.57. The number of aryl methyl sites for hydroxylation is 1. The number of amides is 1. The molecule has 0 atom stereocenters. The van der Waals surface area contributed by atoms with Gasteiger partial charge in [-0.2, -0.15) is 18.1 Å². The molecule has 0 heterocycles. The first-order valence-corrected chi connectivity index (χ1v) is 16.2. The van der Waals surface area contributed by atoms with Crippen LogP contribution in [-0.2, 0) is 14.8 Å². The number of sulfonamides is 1. The molecule has 0 fully saturated rings. The van der Waals surface area contributed by atoms with Gasteiger partial charge in [0, 0.05) is 21.3 Å². The van der Waals surface area contributed by atoms with Crippen LogP contribution in [0.3, 0.4) is 0 Å². The Morgan fingerprint density at radius 1 is 0.977 bits per heavy atom. The first kappa shape index (κ1) is 34.6. The monoisotopic (exact) mass is 656 g/mol. The van der Waals surface area contributed by atoms with Crippen molar-refractivity contribution >= 4 is 56.5 Å². The summed E-state index contributed by atoms with van der Waals surface area (Å²) in [5.74, 6) is -1.69. The third kappa shape index (κ3) is 10.1. The van der Waals surface area contributed by atoms with Crippen molar-refractivity contribution in [2.24, 2.45) is 4.40 Å². The van der Waals surface area contributed by atoms with Crippen molar-refractivity contribution in [3.8, 4) is 11.8 Å². The topological polar surface area (TPSA) is 149 Å². The lowest BCUT2D eigenvalue weighted by molar-refractivity contribution is -0.218. The number of carbonyl (C=O) groups is 2. The minimum absolute atomic E-state index is 0.0667. The molecule has 0 aliphatic rings. The van der Waals surface area contributed by atoms with Crippen LogP contribution in [-0.4, -0.2) is 32.6 Å². The van der Waals surface area contributed by atoms with Gasteiger partial charge in [-0.05, 0) is 85.8 Å². The van der Waals surface area contributed by atoms with Gasteiger partial charge in [-0.3, -0.25) is 9.59 Å². The number of hydrogen-bond donors (Lipinski definition) is 1. The molecule has 0 saturated carbocycles. The first-order chi connectivity index (χ1) is 20.9. The molecule has 232 valence electrons. The summed E-state index contributed by atoms with van der Waals surface area (Å²) >= 11 is 12.2. The van der Waals surface area contributed by atoms with Crippen molar-refractivity contribution in [1.82, 2.24) is 0 Å². The number of ether oxygens (including phenoxy) is 1. The first-order valence-electron chi connectivity index (χ1n) is 14.0. The number of ketones is 1. The molecular formula is C32H32Cl2N3O6S-. The summed E-state index contributed by atoms with van der Waals surface area (Å²) in [5.41, 5.74) is 1.16. The summed E-state index contributed by atoms with van der Waals surface area (Å²) in [5, 5.41) is 24.5. The molecule has 44 heavy (non-hydrogen) atoms. The van der Waals surface area contributed by atoms with Gasteiger partial charge in [0.1, 0.15) is 5.75 Å². The van der Waals surface area contributed by atoms with E-state index >= 15 is 0 Å². The summed E-state index contributed by atoms with van der Waals surface area (Å²) in [6.07, 6.45) is 5.84. The van der Waals surface area contributed by atoms with E-state index in [1.165, 1.54) is 54.6 Å². The molecule has 3 aromatic rings. The highest BCUT2D eigenvalue weighted by molar-refractivity contribution is 7.90. The van der Waals surface area contributed by atoms with Crippen molar-refractivity contribution in [1.29, 1.82) is 5.26 Å². The Bertz CT molecular complexity index is 1700. The van der Waals surface area contributed by atoms with Gasteiger partial charge in [-0.25, -0.2) is 0 Å². The van der Waals surface area contributed by atoms with Crippen LogP contribution in [0.25, 0.3) is 0 Å². The lowest BCUT2D eigenvalue weighted by Gasteiger charge is -2.14. The number of hydrogen-bond acceptors (Lipinski definition) is 7. The van der Waals surface area contributed by atoms with Gasteiger partial charge < -0.3 is 15.2 Å². The van der Waals surface area contributed by atoms with Crippen molar-refractivity contribution in [3.63, 3.8) is 0 Å². The van der Waals surface area contributed by atoms with Crippen molar-refractivity contribution < 1.29 is 27.9 Å². The molecule has 12 heteroatoms. The predicted molar refractivity (Wildman–Crippen MR) is 169 cm³/mol. The SMILES string of the molecule is CCCCCCCC/C([O-])=N/S(=O)(=O)c1ccc(NC(=O)COc2ccc(Cl)cc2C(=O)c2cc(Cl)cc(C#N)c2)c(C)c1. The maximum Gasteiger partial charge on any atom is 0.281 e. The number of nitriles is 1. The number of halogens is 2. The van der Waals surface area contributed by atoms with E-state index < -0.39 is 34.2 Å². The Morgan fingerprint density at radius 3 is 2.41 bits per heavy atom. The number of anilines is 1. The quantitative estimate of drug-likeness (QED) is 0.0836. The Balaban J connectivity index is 1.65. The van der Waals surface area contributed by atoms with Gasteiger partial charge in [0.05, 0.1) is 22.1 Å². The highest BCUT2D eigenvalue weighted by atomic mass is 35.5. The summed E-state index contributed by atoms with van der Waals surface area (Å²) in [7, 11) is -4.20. The normalized spacial score (nSPS) is 11.6. The molecule has 1 N–H and O–H groups in total. The Morgan fingerprint density at radius 2 is 1.70 bits per heavy atom. The molecule has 0 aromatic heterocycles. The van der Waals surface area contributed by atoms with E-state index in [0.29, 0.717) is 17.7 Å². The van der Waals surface area contributed by atoms with Crippen LogP contribution in [0, 0.1) is 18.3 Å². The summed E-state index contributed by atoms with van der Waals surface area (Å²) < 4.78 is 34.4. The fraction of sp³-hybridized carbons (Fsp3) is 0.312. The van der Waals surface area contributed by atoms with Crippen LogP contribution in [0.15, 0.2) is 63.9 Å². The Hall–Kier alpha value is -3.91. The number of nitrogens with one attached hydrogen (secondary N) is 1. The Labute approximate surface area is 267 Å². The zero-order valence-electron chi connectivity index (χ0n) is 24.4. The van der Waals surface area contributed by atoms with Crippen molar-refractivity contribution in [3.05, 3.63) is 86.9 Å². The molecule has 3 aromatic carbocycles. The van der Waals surface area contributed by atoms with E-state index in [4.69, 9.17) is 27.9 Å². The molecule has 0 spiro atoms. The molecule has 0 bridgehead atoms. The lowest BCUT2D eigenvalue weighted by Crippen LogP contribution is -2.21. The largest absolute Gasteiger partial charge is 0.861 e. The standard InChI is InChI=1S/C32H33Cl2N3O6S/c1-3-4-5-6-7-8-9-30(38)37-44(41,42)26-11-12-28(21(2)14-26)36-31(39)20-43-29-13-10-24(33)18-27(29)32(40)23-15-22(19-35)16-25(34)17-23/h10-18H,3-9,20H2,1-2H3,(H,36,39)(H,37,38)/p-1. The summed E-state index contributed by atoms with van der Waals surface area (Å²) in [4.78, 5) is 25.8. The molecular weight excluding hydrogens is 625 g/mol. The highest BCUT2D eigenvalue weighted by Crippen LogP contribution is 2.28. The van der Waals surface area contributed by atoms with Gasteiger partial charge in [-0.15, -0.1) is 0 Å². The molecule has 0 aliphatic heterocycles. The number of nitrogens with zero attached hydrogens (tertiary/aromatic N) is 2. The molecule has 0 aliphatic carbocycles. The molecule has 0 saturated heterocycles. The van der Waals surface area contributed by atoms with Gasteiger partial charge in [0.25, 0.3) is 15.9 Å². The van der Waals surface area contributed by atoms with Crippen molar-refractivity contribution in [2.75, 3.05) is 11.9 Å². The van der Waals surface area contributed by atoms with Gasteiger partial charge in [0.15, 0.2) is 12.4 Å². The number of benzene rings is 3. The molecule has 9 nitrogen and oxygen atoms in total. The molecule has 1 amide bonds. The zero-order valence-corrected chi connectivity index (χ0v) is 26.7. The van der Waals surface area contributed by atoms with E-state index in [1.807, 2.05) is 6.07 Å². The third-order valence-corrected chi connectivity index (χ3v) is 8.32. The second kappa shape index (κ2) is 16.2. The fourth-order valence-corrected chi connectivity index (χ4v) is 5.74. The van der Waals surface area contributed by atoms with E-state index in [2.05, 4.69) is 16.6 Å². The molecule has 3 rings (SSSR count). The van der Waals surface area contributed by atoms with Crippen molar-refractivity contribution in [2.45, 2.75) is 63.7 Å². The van der Waals surface area contributed by atoms with Crippen LogP contribution in [0.5, 0.6) is 5.75 Å². The minimum atomic E-state index is -4.20. The number of carbonyl (C=O) groups excluding carboxylic acids is 2. The van der Waals surface area contributed by atoms with Gasteiger partial charge in [-0.1, -0.05) is 62.2 Å². The van der Waals surface area contributed by atoms with E-state index in [9.17, 15) is 28.4 Å². The van der Waals surface area contributed by atoms with Crippen LogP contribution in [0.4, 0.5) is 5.69 Å². The average molecular weight is 658 g/mol. The highest BCUT2D eigenvalue weighted by Gasteiger charge is 2.19.